The largest absolute Gasteiger partial charge is 0.316 e. The van der Waals surface area contributed by atoms with E-state index in [1.54, 1.807) is 11.1 Å². The quantitative estimate of drug-likeness (QED) is 0.763. The van der Waals surface area contributed by atoms with Crippen LogP contribution in [0.25, 0.3) is 0 Å². The molecule has 1 atom stereocenters. The predicted molar refractivity (Wildman–Crippen MR) is 95.4 cm³/mol. The second kappa shape index (κ2) is 6.74. The molecule has 1 aromatic rings. The highest BCUT2D eigenvalue weighted by atomic mass is 14.9. The molecule has 1 N–H and O–H groups in total. The Labute approximate surface area is 136 Å². The van der Waals surface area contributed by atoms with E-state index in [0.29, 0.717) is 5.41 Å². The van der Waals surface area contributed by atoms with E-state index in [2.05, 4.69) is 50.4 Å². The lowest BCUT2D eigenvalue weighted by Gasteiger charge is -2.37. The van der Waals surface area contributed by atoms with Gasteiger partial charge in [0.15, 0.2) is 0 Å². The Morgan fingerprint density at radius 1 is 0.818 bits per heavy atom. The van der Waals surface area contributed by atoms with Crippen LogP contribution >= 0.6 is 0 Å². The van der Waals surface area contributed by atoms with Crippen molar-refractivity contribution in [3.63, 3.8) is 0 Å². The maximum Gasteiger partial charge on any atom is 0.00201 e. The van der Waals surface area contributed by atoms with Crippen molar-refractivity contribution in [1.29, 1.82) is 0 Å². The Balaban J connectivity index is 1.59. The lowest BCUT2D eigenvalue weighted by Crippen LogP contribution is -2.28. The Hall–Kier alpha value is -0.820. The molecule has 1 aromatic carbocycles. The van der Waals surface area contributed by atoms with Gasteiger partial charge in [0.2, 0.25) is 0 Å². The maximum absolute atomic E-state index is 3.53. The lowest BCUT2D eigenvalue weighted by atomic mass is 9.68. The summed E-state index contributed by atoms with van der Waals surface area (Å²) in [5.74, 6) is 2.45. The van der Waals surface area contributed by atoms with Crippen LogP contribution in [0.5, 0.6) is 0 Å². The van der Waals surface area contributed by atoms with Crippen LogP contribution in [0.2, 0.25) is 0 Å². The Morgan fingerprint density at radius 2 is 1.41 bits per heavy atom. The van der Waals surface area contributed by atoms with Gasteiger partial charge in [-0.2, -0.15) is 0 Å². The van der Waals surface area contributed by atoms with E-state index in [9.17, 15) is 0 Å². The van der Waals surface area contributed by atoms with Gasteiger partial charge < -0.3 is 5.32 Å². The standard InChI is InChI=1S/C21H33N/c1-21(2,3)20-12-10-17(11-13-20)16-6-8-18(9-7-16)19-5-4-14-22-15-19/h6-9,17,19-20,22H,4-5,10-15H2,1-3H3. The fourth-order valence-electron chi connectivity index (χ4n) is 4.47. The summed E-state index contributed by atoms with van der Waals surface area (Å²) in [4.78, 5) is 0. The molecule has 1 heterocycles. The molecule has 0 aromatic heterocycles. The van der Waals surface area contributed by atoms with Crippen molar-refractivity contribution in [2.45, 2.75) is 71.1 Å². The lowest BCUT2D eigenvalue weighted by molar-refractivity contribution is 0.169. The number of rotatable bonds is 2. The molecular weight excluding hydrogens is 266 g/mol. The molecule has 1 saturated carbocycles. The Morgan fingerprint density at radius 3 is 1.91 bits per heavy atom. The van der Waals surface area contributed by atoms with Crippen molar-refractivity contribution in [1.82, 2.24) is 5.32 Å². The van der Waals surface area contributed by atoms with Crippen LogP contribution in [0.4, 0.5) is 0 Å². The second-order valence-corrected chi connectivity index (χ2v) is 8.62. The van der Waals surface area contributed by atoms with Crippen LogP contribution < -0.4 is 5.32 Å². The van der Waals surface area contributed by atoms with E-state index < -0.39 is 0 Å². The molecule has 1 saturated heterocycles. The molecule has 122 valence electrons. The van der Waals surface area contributed by atoms with Gasteiger partial charge in [0.25, 0.3) is 0 Å². The highest BCUT2D eigenvalue weighted by molar-refractivity contribution is 5.28. The molecule has 1 aliphatic heterocycles. The van der Waals surface area contributed by atoms with Gasteiger partial charge >= 0.3 is 0 Å². The zero-order valence-electron chi connectivity index (χ0n) is 14.7. The third-order valence-electron chi connectivity index (χ3n) is 6.13. The first-order valence-electron chi connectivity index (χ1n) is 9.34. The van der Waals surface area contributed by atoms with E-state index in [1.165, 1.54) is 45.1 Å². The van der Waals surface area contributed by atoms with Crippen molar-refractivity contribution < 1.29 is 0 Å². The fourth-order valence-corrected chi connectivity index (χ4v) is 4.47. The van der Waals surface area contributed by atoms with Gasteiger partial charge in [-0.15, -0.1) is 0 Å². The van der Waals surface area contributed by atoms with Gasteiger partial charge in [0, 0.05) is 6.54 Å². The third-order valence-corrected chi connectivity index (χ3v) is 6.13. The van der Waals surface area contributed by atoms with Gasteiger partial charge in [0.1, 0.15) is 0 Å². The minimum atomic E-state index is 0.489. The van der Waals surface area contributed by atoms with E-state index >= 15 is 0 Å². The van der Waals surface area contributed by atoms with E-state index in [0.717, 1.165) is 24.3 Å². The number of nitrogens with one attached hydrogen (secondary N) is 1. The van der Waals surface area contributed by atoms with Crippen LogP contribution in [0.3, 0.4) is 0 Å². The molecule has 1 heteroatoms. The van der Waals surface area contributed by atoms with Gasteiger partial charge in [0.05, 0.1) is 0 Å². The number of hydrogen-bond donors (Lipinski definition) is 1. The summed E-state index contributed by atoms with van der Waals surface area (Å²) in [5, 5.41) is 3.53. The third kappa shape index (κ3) is 3.74. The smallest absolute Gasteiger partial charge is 0.00201 e. The Kier molecular flexibility index (Phi) is 4.92. The number of hydrogen-bond acceptors (Lipinski definition) is 1. The molecule has 2 fully saturated rings. The second-order valence-electron chi connectivity index (χ2n) is 8.62. The highest BCUT2D eigenvalue weighted by Crippen LogP contribution is 2.43. The van der Waals surface area contributed by atoms with Crippen molar-refractivity contribution in [2.75, 3.05) is 13.1 Å². The minimum absolute atomic E-state index is 0.489. The summed E-state index contributed by atoms with van der Waals surface area (Å²) in [5.41, 5.74) is 3.61. The first-order valence-corrected chi connectivity index (χ1v) is 9.34. The van der Waals surface area contributed by atoms with Gasteiger partial charge in [-0.3, -0.25) is 0 Å². The van der Waals surface area contributed by atoms with E-state index in [1.807, 2.05) is 0 Å². The summed E-state index contributed by atoms with van der Waals surface area (Å²) in [6, 6.07) is 9.66. The minimum Gasteiger partial charge on any atom is -0.316 e. The average molecular weight is 300 g/mol. The van der Waals surface area contributed by atoms with Gasteiger partial charge in [-0.25, -0.2) is 0 Å². The molecule has 1 unspecified atom stereocenters. The fraction of sp³-hybridized carbons (Fsp3) is 0.714. The van der Waals surface area contributed by atoms with Crippen LogP contribution in [0, 0.1) is 11.3 Å². The molecular formula is C21H33N. The molecule has 0 radical (unpaired) electrons. The number of benzene rings is 1. The normalized spacial score (nSPS) is 30.2. The molecule has 1 nitrogen and oxygen atoms in total. The molecule has 0 spiro atoms. The predicted octanol–water partition coefficient (Wildman–Crippen LogP) is 5.47. The van der Waals surface area contributed by atoms with E-state index in [-0.39, 0.29) is 0 Å². The van der Waals surface area contributed by atoms with Crippen molar-refractivity contribution in [2.24, 2.45) is 11.3 Å². The first kappa shape index (κ1) is 16.1. The summed E-state index contributed by atoms with van der Waals surface area (Å²) in [6.45, 7) is 9.59. The molecule has 3 rings (SSSR count). The molecule has 2 aliphatic rings. The SMILES string of the molecule is CC(C)(C)C1CCC(c2ccc(C3CCCNC3)cc2)CC1. The molecule has 0 amide bonds. The summed E-state index contributed by atoms with van der Waals surface area (Å²) >= 11 is 0. The van der Waals surface area contributed by atoms with Crippen LogP contribution in [0.1, 0.15) is 82.3 Å². The zero-order valence-corrected chi connectivity index (χ0v) is 14.7. The van der Waals surface area contributed by atoms with Crippen LogP contribution in [-0.2, 0) is 0 Å². The molecule has 1 aliphatic carbocycles. The Bertz CT molecular complexity index is 454. The van der Waals surface area contributed by atoms with Crippen molar-refractivity contribution in [3.8, 4) is 0 Å². The average Bonchev–Trinajstić information content (AvgIpc) is 2.55. The van der Waals surface area contributed by atoms with Crippen molar-refractivity contribution >= 4 is 0 Å². The van der Waals surface area contributed by atoms with Gasteiger partial charge in [-0.1, -0.05) is 45.0 Å². The van der Waals surface area contributed by atoms with Gasteiger partial charge in [-0.05, 0) is 79.4 Å². The van der Waals surface area contributed by atoms with E-state index in [4.69, 9.17) is 0 Å². The zero-order chi connectivity index (χ0) is 15.6. The molecule has 22 heavy (non-hydrogen) atoms. The monoisotopic (exact) mass is 299 g/mol. The van der Waals surface area contributed by atoms with Crippen molar-refractivity contribution in [3.05, 3.63) is 35.4 Å². The molecule has 0 bridgehead atoms. The number of piperidine rings is 1. The summed E-state index contributed by atoms with van der Waals surface area (Å²) in [7, 11) is 0. The highest BCUT2D eigenvalue weighted by Gasteiger charge is 2.30. The topological polar surface area (TPSA) is 12.0 Å². The maximum atomic E-state index is 3.53. The summed E-state index contributed by atoms with van der Waals surface area (Å²) < 4.78 is 0. The van der Waals surface area contributed by atoms with Crippen LogP contribution in [0.15, 0.2) is 24.3 Å². The summed E-state index contributed by atoms with van der Waals surface area (Å²) in [6.07, 6.45) is 8.25. The first-order chi connectivity index (χ1) is 10.5. The van der Waals surface area contributed by atoms with Crippen LogP contribution in [-0.4, -0.2) is 13.1 Å².